The highest BCUT2D eigenvalue weighted by atomic mass is 32.2. The minimum Gasteiger partial charge on any atom is -0.362 e. The summed E-state index contributed by atoms with van der Waals surface area (Å²) in [5.41, 5.74) is 1.01. The smallest absolute Gasteiger partial charge is 0.166 e. The van der Waals surface area contributed by atoms with Crippen LogP contribution < -0.4 is 10.6 Å². The van der Waals surface area contributed by atoms with Gasteiger partial charge in [-0.2, -0.15) is 0 Å². The fourth-order valence-corrected chi connectivity index (χ4v) is 4.71. The van der Waals surface area contributed by atoms with Crippen LogP contribution in [0.25, 0.3) is 0 Å². The predicted octanol–water partition coefficient (Wildman–Crippen LogP) is 4.62. The highest BCUT2D eigenvalue weighted by Gasteiger charge is 2.21. The van der Waals surface area contributed by atoms with Crippen molar-refractivity contribution in [3.05, 3.63) is 59.9 Å². The number of nitrogens with one attached hydrogen (secondary N) is 2. The third kappa shape index (κ3) is 4.88. The molecule has 0 saturated heterocycles. The number of hydrogen-bond acceptors (Lipinski definition) is 3. The standard InChI is InChI=1S/C18H19FN2S3/c19-13-6-7-17-15(12-13)16(8-10-24-17)21-18(22)20-9-11-23-14-4-2-1-3-5-14/h1-7,12,16H,8-11H2,(H2,20,21,22)/t16-/m0/s1. The Morgan fingerprint density at radius 2 is 2.08 bits per heavy atom. The molecule has 0 unspecified atom stereocenters. The van der Waals surface area contributed by atoms with Crippen molar-refractivity contribution in [1.82, 2.24) is 10.6 Å². The first-order chi connectivity index (χ1) is 11.7. The first kappa shape index (κ1) is 17.6. The third-order valence-corrected chi connectivity index (χ3v) is 6.11. The number of rotatable bonds is 5. The van der Waals surface area contributed by atoms with Gasteiger partial charge in [0.25, 0.3) is 0 Å². The van der Waals surface area contributed by atoms with Crippen molar-refractivity contribution in [2.45, 2.75) is 22.3 Å². The summed E-state index contributed by atoms with van der Waals surface area (Å²) in [5.74, 6) is 1.77. The molecule has 1 heterocycles. The molecule has 0 bridgehead atoms. The summed E-state index contributed by atoms with van der Waals surface area (Å²) in [6.07, 6.45) is 0.946. The number of halogens is 1. The highest BCUT2D eigenvalue weighted by Crippen LogP contribution is 2.36. The molecular weight excluding hydrogens is 359 g/mol. The number of thiocarbonyl (C=S) groups is 1. The number of benzene rings is 2. The van der Waals surface area contributed by atoms with Gasteiger partial charge in [-0.15, -0.1) is 23.5 Å². The lowest BCUT2D eigenvalue weighted by atomic mass is 10.0. The molecule has 0 fully saturated rings. The zero-order chi connectivity index (χ0) is 16.8. The van der Waals surface area contributed by atoms with Gasteiger partial charge in [0.1, 0.15) is 5.82 Å². The third-order valence-electron chi connectivity index (χ3n) is 3.72. The van der Waals surface area contributed by atoms with Crippen molar-refractivity contribution in [3.63, 3.8) is 0 Å². The van der Waals surface area contributed by atoms with Gasteiger partial charge in [0.05, 0.1) is 6.04 Å². The van der Waals surface area contributed by atoms with Crippen LogP contribution in [0.5, 0.6) is 0 Å². The molecule has 2 nitrogen and oxygen atoms in total. The highest BCUT2D eigenvalue weighted by molar-refractivity contribution is 7.99. The summed E-state index contributed by atoms with van der Waals surface area (Å²) >= 11 is 8.96. The van der Waals surface area contributed by atoms with Crippen LogP contribution in [-0.4, -0.2) is 23.2 Å². The van der Waals surface area contributed by atoms with E-state index >= 15 is 0 Å². The van der Waals surface area contributed by atoms with E-state index in [1.165, 1.54) is 11.0 Å². The van der Waals surface area contributed by atoms with Crippen molar-refractivity contribution >= 4 is 40.9 Å². The van der Waals surface area contributed by atoms with Gasteiger partial charge in [-0.3, -0.25) is 0 Å². The molecule has 1 aliphatic heterocycles. The predicted molar refractivity (Wildman–Crippen MR) is 105 cm³/mol. The molecule has 0 radical (unpaired) electrons. The summed E-state index contributed by atoms with van der Waals surface area (Å²) in [6, 6.07) is 15.4. The van der Waals surface area contributed by atoms with Crippen molar-refractivity contribution in [2.24, 2.45) is 0 Å². The molecule has 0 amide bonds. The number of thioether (sulfide) groups is 2. The SMILES string of the molecule is Fc1ccc2c(c1)[C@@H](NC(=S)NCCSc1ccccc1)CCS2. The fourth-order valence-electron chi connectivity index (χ4n) is 2.57. The van der Waals surface area contributed by atoms with Gasteiger partial charge in [0.2, 0.25) is 0 Å². The van der Waals surface area contributed by atoms with Gasteiger partial charge >= 0.3 is 0 Å². The Labute approximate surface area is 156 Å². The topological polar surface area (TPSA) is 24.1 Å². The molecule has 2 N–H and O–H groups in total. The molecule has 0 aliphatic carbocycles. The molecule has 126 valence electrons. The molecule has 2 aromatic rings. The van der Waals surface area contributed by atoms with Crippen LogP contribution in [0.4, 0.5) is 4.39 Å². The lowest BCUT2D eigenvalue weighted by molar-refractivity contribution is 0.582. The summed E-state index contributed by atoms with van der Waals surface area (Å²) in [4.78, 5) is 2.40. The van der Waals surface area contributed by atoms with Crippen LogP contribution in [0, 0.1) is 5.82 Å². The van der Waals surface area contributed by atoms with Gasteiger partial charge in [-0.05, 0) is 54.5 Å². The van der Waals surface area contributed by atoms with Crippen molar-refractivity contribution in [2.75, 3.05) is 18.1 Å². The van der Waals surface area contributed by atoms with E-state index in [9.17, 15) is 4.39 Å². The van der Waals surface area contributed by atoms with Crippen LogP contribution in [0.3, 0.4) is 0 Å². The number of fused-ring (bicyclic) bond motifs is 1. The Morgan fingerprint density at radius 3 is 2.92 bits per heavy atom. The number of hydrogen-bond donors (Lipinski definition) is 2. The quantitative estimate of drug-likeness (QED) is 0.449. The molecule has 6 heteroatoms. The molecule has 2 aromatic carbocycles. The van der Waals surface area contributed by atoms with Crippen LogP contribution in [-0.2, 0) is 0 Å². The summed E-state index contributed by atoms with van der Waals surface area (Å²) in [7, 11) is 0. The minimum atomic E-state index is -0.193. The second kappa shape index (κ2) is 8.74. The Balaban J connectivity index is 1.47. The average molecular weight is 379 g/mol. The Hall–Kier alpha value is -1.24. The monoisotopic (exact) mass is 378 g/mol. The van der Waals surface area contributed by atoms with E-state index in [4.69, 9.17) is 12.2 Å². The molecule has 1 atom stereocenters. The van der Waals surface area contributed by atoms with Crippen molar-refractivity contribution < 1.29 is 4.39 Å². The molecule has 24 heavy (non-hydrogen) atoms. The van der Waals surface area contributed by atoms with E-state index in [0.717, 1.165) is 34.9 Å². The van der Waals surface area contributed by atoms with Crippen molar-refractivity contribution in [1.29, 1.82) is 0 Å². The van der Waals surface area contributed by atoms with E-state index in [2.05, 4.69) is 22.8 Å². The van der Waals surface area contributed by atoms with Crippen LogP contribution in [0.2, 0.25) is 0 Å². The maximum absolute atomic E-state index is 13.5. The van der Waals surface area contributed by atoms with Crippen molar-refractivity contribution in [3.8, 4) is 0 Å². The lowest BCUT2D eigenvalue weighted by Gasteiger charge is -2.27. The molecule has 0 saturated carbocycles. The van der Waals surface area contributed by atoms with Crippen LogP contribution >= 0.6 is 35.7 Å². The van der Waals surface area contributed by atoms with E-state index in [0.29, 0.717) is 5.11 Å². The zero-order valence-electron chi connectivity index (χ0n) is 13.1. The lowest BCUT2D eigenvalue weighted by Crippen LogP contribution is -2.39. The van der Waals surface area contributed by atoms with Gasteiger partial charge in [-0.1, -0.05) is 18.2 Å². The first-order valence-corrected chi connectivity index (χ1v) is 10.2. The Kier molecular flexibility index (Phi) is 6.40. The van der Waals surface area contributed by atoms with E-state index in [1.54, 1.807) is 29.6 Å². The zero-order valence-corrected chi connectivity index (χ0v) is 15.6. The fraction of sp³-hybridized carbons (Fsp3) is 0.278. The molecule has 0 spiro atoms. The van der Waals surface area contributed by atoms with Gasteiger partial charge in [-0.25, -0.2) is 4.39 Å². The van der Waals surface area contributed by atoms with Gasteiger partial charge in [0.15, 0.2) is 5.11 Å². The van der Waals surface area contributed by atoms with Gasteiger partial charge < -0.3 is 10.6 Å². The maximum atomic E-state index is 13.5. The Bertz CT molecular complexity index is 694. The molecule has 0 aromatic heterocycles. The second-order valence-corrected chi connectivity index (χ2v) is 8.15. The maximum Gasteiger partial charge on any atom is 0.166 e. The normalized spacial score (nSPS) is 16.3. The summed E-state index contributed by atoms with van der Waals surface area (Å²) < 4.78 is 13.5. The van der Waals surface area contributed by atoms with Gasteiger partial charge in [0, 0.05) is 27.8 Å². The largest absolute Gasteiger partial charge is 0.362 e. The van der Waals surface area contributed by atoms with E-state index in [-0.39, 0.29) is 11.9 Å². The minimum absolute atomic E-state index is 0.0822. The van der Waals surface area contributed by atoms with E-state index < -0.39 is 0 Å². The Morgan fingerprint density at radius 1 is 1.25 bits per heavy atom. The second-order valence-electron chi connectivity index (χ2n) is 5.43. The summed E-state index contributed by atoms with van der Waals surface area (Å²) in [5, 5.41) is 7.21. The molecule has 3 rings (SSSR count). The van der Waals surface area contributed by atoms with Crippen LogP contribution in [0.1, 0.15) is 18.0 Å². The average Bonchev–Trinajstić information content (AvgIpc) is 2.60. The van der Waals surface area contributed by atoms with E-state index in [1.807, 2.05) is 24.3 Å². The van der Waals surface area contributed by atoms with Crippen LogP contribution in [0.15, 0.2) is 58.3 Å². The summed E-state index contributed by atoms with van der Waals surface area (Å²) in [6.45, 7) is 0.795. The molecular formula is C18H19FN2S3. The molecule has 1 aliphatic rings. The first-order valence-electron chi connectivity index (χ1n) is 7.87.